The highest BCUT2D eigenvalue weighted by Crippen LogP contribution is 2.44. The van der Waals surface area contributed by atoms with Crippen LogP contribution in [0.2, 0.25) is 0 Å². The number of carbonyl (C=O) groups is 1. The molecule has 0 unspecified atom stereocenters. The Bertz CT molecular complexity index is 1300. The molecule has 1 saturated carbocycles. The third kappa shape index (κ3) is 3.77. The van der Waals surface area contributed by atoms with E-state index in [0.29, 0.717) is 23.9 Å². The Hall–Kier alpha value is -3.20. The molecular formula is C25H30FN7O. The Balaban J connectivity index is 1.33. The number of urea groups is 1. The van der Waals surface area contributed by atoms with E-state index in [2.05, 4.69) is 40.4 Å². The van der Waals surface area contributed by atoms with E-state index in [1.165, 1.54) is 11.8 Å². The summed E-state index contributed by atoms with van der Waals surface area (Å²) in [6.45, 7) is 9.55. The molecule has 2 amide bonds. The van der Waals surface area contributed by atoms with E-state index >= 15 is 0 Å². The first kappa shape index (κ1) is 21.3. The molecule has 6 rings (SSSR count). The van der Waals surface area contributed by atoms with E-state index in [1.807, 2.05) is 6.92 Å². The van der Waals surface area contributed by atoms with Crippen LogP contribution in [0.4, 0.5) is 26.4 Å². The summed E-state index contributed by atoms with van der Waals surface area (Å²) in [7, 11) is 0. The molecule has 0 aromatic carbocycles. The highest BCUT2D eigenvalue weighted by atomic mass is 19.1. The normalized spacial score (nSPS) is 19.5. The molecule has 3 aromatic rings. The molecule has 3 aliphatic rings. The van der Waals surface area contributed by atoms with Gasteiger partial charge < -0.3 is 19.9 Å². The summed E-state index contributed by atoms with van der Waals surface area (Å²) in [5.41, 5.74) is 4.82. The van der Waals surface area contributed by atoms with Crippen LogP contribution in [0.15, 0.2) is 24.5 Å². The summed E-state index contributed by atoms with van der Waals surface area (Å²) < 4.78 is 16.4. The predicted molar refractivity (Wildman–Crippen MR) is 130 cm³/mol. The number of hydrogen-bond acceptors (Lipinski definition) is 5. The molecule has 34 heavy (non-hydrogen) atoms. The zero-order valence-electron chi connectivity index (χ0n) is 19.9. The smallest absolute Gasteiger partial charge is 0.327 e. The quantitative estimate of drug-likeness (QED) is 0.617. The average Bonchev–Trinajstić information content (AvgIpc) is 3.44. The van der Waals surface area contributed by atoms with E-state index < -0.39 is 5.82 Å². The maximum absolute atomic E-state index is 14.7. The van der Waals surface area contributed by atoms with E-state index in [9.17, 15) is 9.18 Å². The average molecular weight is 464 g/mol. The summed E-state index contributed by atoms with van der Waals surface area (Å²) in [4.78, 5) is 26.6. The van der Waals surface area contributed by atoms with Gasteiger partial charge in [0.25, 0.3) is 0 Å². The van der Waals surface area contributed by atoms with E-state index in [0.717, 1.165) is 55.8 Å². The van der Waals surface area contributed by atoms with Crippen LogP contribution in [0.3, 0.4) is 0 Å². The van der Waals surface area contributed by atoms with Gasteiger partial charge in [-0.25, -0.2) is 19.2 Å². The molecule has 5 heterocycles. The lowest BCUT2D eigenvalue weighted by Gasteiger charge is -2.41. The number of anilines is 3. The number of hydrogen-bond donors (Lipinski definition) is 2. The van der Waals surface area contributed by atoms with E-state index in [1.54, 1.807) is 21.7 Å². The second kappa shape index (κ2) is 7.66. The highest BCUT2D eigenvalue weighted by molar-refractivity contribution is 6.03. The van der Waals surface area contributed by atoms with Gasteiger partial charge in [0, 0.05) is 73.0 Å². The van der Waals surface area contributed by atoms with Crippen molar-refractivity contribution >= 4 is 28.9 Å². The molecule has 1 aliphatic carbocycles. The fourth-order valence-electron chi connectivity index (χ4n) is 5.18. The van der Waals surface area contributed by atoms with Gasteiger partial charge in [-0.2, -0.15) is 0 Å². The van der Waals surface area contributed by atoms with Crippen molar-refractivity contribution < 1.29 is 9.18 Å². The monoisotopic (exact) mass is 463 g/mol. The Morgan fingerprint density at radius 2 is 2.03 bits per heavy atom. The van der Waals surface area contributed by atoms with Gasteiger partial charge in [-0.1, -0.05) is 0 Å². The van der Waals surface area contributed by atoms with Crippen LogP contribution in [-0.4, -0.2) is 52.1 Å². The maximum atomic E-state index is 14.7. The first-order valence-electron chi connectivity index (χ1n) is 12.0. The maximum Gasteiger partial charge on any atom is 0.327 e. The zero-order valence-corrected chi connectivity index (χ0v) is 19.9. The third-order valence-electron chi connectivity index (χ3n) is 7.00. The Morgan fingerprint density at radius 1 is 1.21 bits per heavy atom. The van der Waals surface area contributed by atoms with Crippen molar-refractivity contribution in [3.8, 4) is 0 Å². The van der Waals surface area contributed by atoms with Gasteiger partial charge in [0.2, 0.25) is 0 Å². The van der Waals surface area contributed by atoms with Crippen molar-refractivity contribution in [1.82, 2.24) is 19.7 Å². The van der Waals surface area contributed by atoms with Crippen molar-refractivity contribution in [2.75, 3.05) is 41.3 Å². The van der Waals surface area contributed by atoms with Crippen LogP contribution in [-0.2, 0) is 6.42 Å². The SMILES string of the molecule is Cc1cn2cc(NC(=O)N3CCc4c(N5CCNC(C)(C)C5)cc(C5CC5)nc43)c(F)cc2n1. The lowest BCUT2D eigenvalue weighted by Crippen LogP contribution is -2.57. The number of rotatable bonds is 3. The fourth-order valence-corrected chi connectivity index (χ4v) is 5.18. The number of nitrogens with one attached hydrogen (secondary N) is 2. The van der Waals surface area contributed by atoms with Crippen LogP contribution in [0.25, 0.3) is 5.65 Å². The number of fused-ring (bicyclic) bond motifs is 2. The van der Waals surface area contributed by atoms with Gasteiger partial charge in [0.15, 0.2) is 5.82 Å². The van der Waals surface area contributed by atoms with Crippen molar-refractivity contribution in [2.24, 2.45) is 0 Å². The molecular weight excluding hydrogens is 433 g/mol. The molecule has 2 fully saturated rings. The lowest BCUT2D eigenvalue weighted by atomic mass is 10.00. The highest BCUT2D eigenvalue weighted by Gasteiger charge is 2.36. The topological polar surface area (TPSA) is 77.8 Å². The molecule has 0 bridgehead atoms. The summed E-state index contributed by atoms with van der Waals surface area (Å²) in [5.74, 6) is 0.678. The minimum atomic E-state index is -0.505. The molecule has 2 N–H and O–H groups in total. The molecule has 0 atom stereocenters. The van der Waals surface area contributed by atoms with Gasteiger partial charge in [0.1, 0.15) is 11.5 Å². The zero-order chi connectivity index (χ0) is 23.6. The van der Waals surface area contributed by atoms with Crippen LogP contribution in [0, 0.1) is 12.7 Å². The second-order valence-corrected chi connectivity index (χ2v) is 10.4. The first-order chi connectivity index (χ1) is 16.3. The van der Waals surface area contributed by atoms with Crippen LogP contribution in [0.1, 0.15) is 49.6 Å². The second-order valence-electron chi connectivity index (χ2n) is 10.4. The standard InChI is InChI=1S/C25H30FN7O/c1-15-12-32-13-20(18(26)10-22(32)28-15)30-24(34)33-8-6-17-21(31-9-7-27-25(2,3)14-31)11-19(16-4-5-16)29-23(17)33/h10-13,16,27H,4-9,14H2,1-3H3,(H,30,34). The van der Waals surface area contributed by atoms with Crippen LogP contribution >= 0.6 is 0 Å². The first-order valence-corrected chi connectivity index (χ1v) is 12.0. The minimum Gasteiger partial charge on any atom is -0.368 e. The number of amides is 2. The Kier molecular flexibility index (Phi) is 4.81. The van der Waals surface area contributed by atoms with Crippen molar-refractivity contribution in [3.05, 3.63) is 47.3 Å². The molecule has 0 radical (unpaired) electrons. The number of aromatic nitrogens is 3. The summed E-state index contributed by atoms with van der Waals surface area (Å²) in [5, 5.41) is 6.35. The number of nitrogens with zero attached hydrogens (tertiary/aromatic N) is 5. The summed E-state index contributed by atoms with van der Waals surface area (Å²) in [6.07, 6.45) is 6.39. The van der Waals surface area contributed by atoms with Crippen molar-refractivity contribution in [1.29, 1.82) is 0 Å². The number of pyridine rings is 2. The van der Waals surface area contributed by atoms with E-state index in [4.69, 9.17) is 4.98 Å². The molecule has 9 heteroatoms. The third-order valence-corrected chi connectivity index (χ3v) is 7.00. The molecule has 178 valence electrons. The number of imidazole rings is 1. The molecule has 2 aliphatic heterocycles. The van der Waals surface area contributed by atoms with Gasteiger partial charge in [-0.15, -0.1) is 0 Å². The van der Waals surface area contributed by atoms with Crippen molar-refractivity contribution in [3.63, 3.8) is 0 Å². The lowest BCUT2D eigenvalue weighted by molar-refractivity contribution is 0.257. The number of carbonyl (C=O) groups excluding carboxylic acids is 1. The number of aryl methyl sites for hydroxylation is 1. The van der Waals surface area contributed by atoms with Crippen molar-refractivity contribution in [2.45, 2.75) is 51.5 Å². The van der Waals surface area contributed by atoms with Gasteiger partial charge in [-0.05, 0) is 46.1 Å². The van der Waals surface area contributed by atoms with E-state index in [-0.39, 0.29) is 17.3 Å². The molecule has 3 aromatic heterocycles. The number of halogens is 1. The minimum absolute atomic E-state index is 0.0195. The summed E-state index contributed by atoms with van der Waals surface area (Å²) >= 11 is 0. The summed E-state index contributed by atoms with van der Waals surface area (Å²) in [6, 6.07) is 3.23. The van der Waals surface area contributed by atoms with Gasteiger partial charge in [-0.3, -0.25) is 4.90 Å². The van der Waals surface area contributed by atoms with Gasteiger partial charge >= 0.3 is 6.03 Å². The predicted octanol–water partition coefficient (Wildman–Crippen LogP) is 3.84. The Morgan fingerprint density at radius 3 is 2.79 bits per heavy atom. The van der Waals surface area contributed by atoms with Crippen LogP contribution < -0.4 is 20.4 Å². The Labute approximate surface area is 198 Å². The number of piperazine rings is 1. The van der Waals surface area contributed by atoms with Crippen LogP contribution in [0.5, 0.6) is 0 Å². The van der Waals surface area contributed by atoms with Gasteiger partial charge in [0.05, 0.1) is 11.4 Å². The molecule has 1 saturated heterocycles. The largest absolute Gasteiger partial charge is 0.368 e. The fraction of sp³-hybridized carbons (Fsp3) is 0.480. The molecule has 0 spiro atoms. The molecule has 8 nitrogen and oxygen atoms in total.